The van der Waals surface area contributed by atoms with Gasteiger partial charge in [0.1, 0.15) is 34.7 Å². The molecule has 1 aromatic rings. The molecule has 1 aromatic carbocycles. The van der Waals surface area contributed by atoms with E-state index < -0.39 is 82.8 Å². The minimum atomic E-state index is -1.87. The Labute approximate surface area is 502 Å². The van der Waals surface area contributed by atoms with Crippen molar-refractivity contribution in [3.05, 3.63) is 46.5 Å². The first kappa shape index (κ1) is 68.3. The maximum absolute atomic E-state index is 14.2. The Bertz CT molecular complexity index is 2570. The van der Waals surface area contributed by atoms with E-state index in [-0.39, 0.29) is 147 Å². The second kappa shape index (κ2) is 33.4. The number of likely N-dealkylation sites (tertiary alicyclic amines) is 1. The van der Waals surface area contributed by atoms with Gasteiger partial charge in [0.2, 0.25) is 23.6 Å². The summed E-state index contributed by atoms with van der Waals surface area (Å²) in [6, 6.07) is 3.54. The van der Waals surface area contributed by atoms with E-state index in [1.165, 1.54) is 37.8 Å². The van der Waals surface area contributed by atoms with Gasteiger partial charge in [0.05, 0.1) is 110 Å². The molecule has 0 spiro atoms. The fourth-order valence-electron chi connectivity index (χ4n) is 9.61. The van der Waals surface area contributed by atoms with Crippen molar-refractivity contribution in [2.45, 2.75) is 126 Å². The zero-order valence-corrected chi connectivity index (χ0v) is 50.3. The van der Waals surface area contributed by atoms with Gasteiger partial charge in [-0.3, -0.25) is 39.0 Å². The van der Waals surface area contributed by atoms with Crippen molar-refractivity contribution in [2.24, 2.45) is 0 Å². The van der Waals surface area contributed by atoms with Crippen LogP contribution in [0, 0.1) is 0 Å². The predicted molar refractivity (Wildman–Crippen MR) is 301 cm³/mol. The summed E-state index contributed by atoms with van der Waals surface area (Å²) in [7, 11) is 4.43. The van der Waals surface area contributed by atoms with E-state index in [1.54, 1.807) is 38.3 Å². The van der Waals surface area contributed by atoms with Crippen molar-refractivity contribution in [1.29, 1.82) is 0 Å². The molecule has 0 aliphatic carbocycles. The number of amides is 7. The van der Waals surface area contributed by atoms with Crippen LogP contribution in [0.5, 0.6) is 5.75 Å². The van der Waals surface area contributed by atoms with Gasteiger partial charge in [-0.15, -0.1) is 16.8 Å². The number of aliphatic hydroxyl groups is 1. The number of carbonyl (C=O) groups is 9. The van der Waals surface area contributed by atoms with E-state index in [1.807, 2.05) is 13.0 Å². The summed E-state index contributed by atoms with van der Waals surface area (Å²) in [5, 5.41) is 17.0. The fraction of sp³-hybridized carbons (Fsp3) is 0.661. The molecule has 8 atom stereocenters. The normalized spacial score (nSPS) is 25.9. The van der Waals surface area contributed by atoms with Crippen LogP contribution in [-0.4, -0.2) is 228 Å². The van der Waals surface area contributed by atoms with E-state index >= 15 is 0 Å². The Morgan fingerprint density at radius 3 is 2.16 bits per heavy atom. The third-order valence-corrected chi connectivity index (χ3v) is 15.9. The summed E-state index contributed by atoms with van der Waals surface area (Å²) in [6.45, 7) is 7.34. The second-order valence-corrected chi connectivity index (χ2v) is 22.4. The number of hydroxylamine groups is 2. The number of anilines is 1. The molecule has 85 heavy (non-hydrogen) atoms. The molecule has 6 heterocycles. The summed E-state index contributed by atoms with van der Waals surface area (Å²) >= 11 is 8.04. The number of hydrogen-bond donors (Lipinski definition) is 3. The van der Waals surface area contributed by atoms with Crippen LogP contribution in [0.4, 0.5) is 10.5 Å². The number of fused-ring (bicyclic) bond motifs is 6. The first-order chi connectivity index (χ1) is 40.6. The summed E-state index contributed by atoms with van der Waals surface area (Å²) in [5.41, 5.74) is -1.10. The molecule has 4 saturated heterocycles. The molecule has 4 fully saturated rings. The molecular formula is C56H78ClN5O22S. The number of nitrogens with zero attached hydrogens (tertiary/aromatic N) is 3. The zero-order valence-electron chi connectivity index (χ0n) is 48.8. The van der Waals surface area contributed by atoms with Crippen LogP contribution in [0.3, 0.4) is 0 Å². The highest BCUT2D eigenvalue weighted by Gasteiger charge is 2.57. The maximum Gasteiger partial charge on any atom is 0.409 e. The number of methoxy groups -OCH3 is 2. The summed E-state index contributed by atoms with van der Waals surface area (Å²) in [4.78, 5) is 121. The number of hydrogen-bond acceptors (Lipinski definition) is 23. The Balaban J connectivity index is 0.847. The van der Waals surface area contributed by atoms with Gasteiger partial charge >= 0.3 is 18.0 Å². The van der Waals surface area contributed by atoms with Crippen molar-refractivity contribution in [3.63, 3.8) is 0 Å². The molecule has 472 valence electrons. The van der Waals surface area contributed by atoms with Crippen LogP contribution in [0.1, 0.15) is 77.7 Å². The van der Waals surface area contributed by atoms with E-state index in [9.17, 15) is 48.3 Å². The van der Waals surface area contributed by atoms with E-state index in [2.05, 4.69) is 10.6 Å². The first-order valence-electron chi connectivity index (χ1n) is 28.0. The quantitative estimate of drug-likeness (QED) is 0.0545. The van der Waals surface area contributed by atoms with Gasteiger partial charge < -0.3 is 72.3 Å². The third-order valence-electron chi connectivity index (χ3n) is 14.3. The average molecular weight is 1240 g/mol. The molecule has 6 bridgehead atoms. The number of nitrogens with one attached hydrogen (secondary N) is 2. The number of thioether (sulfide) groups is 1. The van der Waals surface area contributed by atoms with Crippen molar-refractivity contribution < 1.29 is 105 Å². The topological polar surface area (TPSA) is 318 Å². The predicted octanol–water partition coefficient (Wildman–Crippen LogP) is 2.27. The van der Waals surface area contributed by atoms with E-state index in [0.717, 1.165) is 16.0 Å². The Hall–Kier alpha value is -5.79. The summed E-state index contributed by atoms with van der Waals surface area (Å²) in [5.74, 6) is -3.50. The highest BCUT2D eigenvalue weighted by Crippen LogP contribution is 2.44. The van der Waals surface area contributed by atoms with Gasteiger partial charge in [-0.25, -0.2) is 14.4 Å². The number of benzene rings is 1. The highest BCUT2D eigenvalue weighted by molar-refractivity contribution is 8.00. The lowest BCUT2D eigenvalue weighted by atomic mass is 9.79. The van der Waals surface area contributed by atoms with Crippen LogP contribution in [0.25, 0.3) is 0 Å². The standard InChI is InChI=1S/C56H78ClN5O22S/c1-35-8-7-9-43(74-6)56(72)34-40(81-54(71)59-56)41-33-55(3,83-41)44(32-48(66)60(4)38-29-37(28-35)30-39(73-5)51(38)57)82-53(70)36(2)80-25-24-79-26-27-85-42-31-49(67)61(52(42)69)15-12-45(63)58-14-17-76-19-21-78-23-22-77-20-18-75-16-13-50(68)84-62-46(64)10-11-47(62)65/h7-9,29-30,36,40-44,72H,10-28,31-34H2,1-6H3,(H,58,63)(H,59,71)/b9-7+,35-8+/t36-,40-,41?,42?,43+,44-,55+,56-/m0/s1. The first-order valence-corrected chi connectivity index (χ1v) is 29.5. The lowest BCUT2D eigenvalue weighted by molar-refractivity contribution is -0.281. The number of alkyl carbamates (subject to hydrolysis) is 1. The smallest absolute Gasteiger partial charge is 0.409 e. The highest BCUT2D eigenvalue weighted by atomic mass is 35.5. The van der Waals surface area contributed by atoms with Gasteiger partial charge in [-0.2, -0.15) is 0 Å². The number of carbonyl (C=O) groups excluding carboxylic acids is 9. The number of ether oxygens (including phenoxy) is 11. The largest absolute Gasteiger partial charge is 0.495 e. The third kappa shape index (κ3) is 20.1. The van der Waals surface area contributed by atoms with Gasteiger partial charge in [-0.1, -0.05) is 35.4 Å². The number of imide groups is 2. The van der Waals surface area contributed by atoms with Crippen molar-refractivity contribution in [2.75, 3.05) is 118 Å². The van der Waals surface area contributed by atoms with Gasteiger partial charge in [-0.05, 0) is 44.9 Å². The molecule has 0 radical (unpaired) electrons. The minimum Gasteiger partial charge on any atom is -0.495 e. The SMILES string of the molecule is COc1cc2cc(c1Cl)N(C)C(=O)C[C@H](OC(=O)[C@H](C)OCCOCCSC1CC(=O)N(CCC(=O)NCCOCCOCCOCCOCCC(=O)ON3C(=O)CCC3=O)C1=O)[C@@]1(C)CC(O1)[C@@H]1C[C@@](O)(NC(=O)O1)[C@H](OC)/C=C/C=C(\C)C2. The Morgan fingerprint density at radius 2 is 1.49 bits per heavy atom. The molecule has 29 heteroatoms. The Morgan fingerprint density at radius 1 is 0.847 bits per heavy atom. The Kier molecular flexibility index (Phi) is 26.8. The number of halogens is 1. The van der Waals surface area contributed by atoms with Crippen molar-refractivity contribution >= 4 is 82.5 Å². The van der Waals surface area contributed by atoms with Gasteiger partial charge in [0.25, 0.3) is 11.8 Å². The van der Waals surface area contributed by atoms with Crippen LogP contribution in [-0.2, 0) is 97.0 Å². The van der Waals surface area contributed by atoms with E-state index in [0.29, 0.717) is 41.9 Å². The van der Waals surface area contributed by atoms with Crippen molar-refractivity contribution in [3.8, 4) is 5.75 Å². The molecule has 0 saturated carbocycles. The number of esters is 1. The molecule has 2 unspecified atom stereocenters. The molecule has 6 aliphatic rings. The lowest BCUT2D eigenvalue weighted by Gasteiger charge is -2.53. The van der Waals surface area contributed by atoms with Crippen LogP contribution < -0.4 is 20.3 Å². The van der Waals surface area contributed by atoms with Crippen LogP contribution >= 0.6 is 23.4 Å². The van der Waals surface area contributed by atoms with Crippen LogP contribution in [0.2, 0.25) is 5.02 Å². The fourth-order valence-corrected chi connectivity index (χ4v) is 11.0. The van der Waals surface area contributed by atoms with Crippen LogP contribution in [0.15, 0.2) is 35.9 Å². The molecule has 6 aliphatic heterocycles. The second-order valence-electron chi connectivity index (χ2n) is 20.7. The number of allylic oxidation sites excluding steroid dienone is 3. The molecule has 3 N–H and O–H groups in total. The molecule has 0 aromatic heterocycles. The maximum atomic E-state index is 14.2. The lowest BCUT2D eigenvalue weighted by Crippen LogP contribution is -2.68. The minimum absolute atomic E-state index is 0.0117. The zero-order chi connectivity index (χ0) is 61.7. The summed E-state index contributed by atoms with van der Waals surface area (Å²) in [6.07, 6.45) is -0.719. The van der Waals surface area contributed by atoms with Gasteiger partial charge in [0, 0.05) is 71.5 Å². The molecule has 7 rings (SSSR count). The average Bonchev–Trinajstić information content (AvgIpc) is 1.86. The molecular weight excluding hydrogens is 1160 g/mol. The van der Waals surface area contributed by atoms with E-state index in [4.69, 9.17) is 68.5 Å². The monoisotopic (exact) mass is 1240 g/mol. The molecule has 7 amide bonds. The van der Waals surface area contributed by atoms with Gasteiger partial charge in [0.15, 0.2) is 11.8 Å². The molecule has 27 nitrogen and oxygen atoms in total. The van der Waals surface area contributed by atoms with Crippen molar-refractivity contribution in [1.82, 2.24) is 20.6 Å². The summed E-state index contributed by atoms with van der Waals surface area (Å²) < 4.78 is 62.3. The number of rotatable bonds is 31.